The Labute approximate surface area is 206 Å². The Morgan fingerprint density at radius 3 is 2.06 bits per heavy atom. The van der Waals surface area contributed by atoms with Crippen molar-refractivity contribution in [3.8, 4) is 5.75 Å². The van der Waals surface area contributed by atoms with E-state index in [9.17, 15) is 18.0 Å². The lowest BCUT2D eigenvalue weighted by Gasteiger charge is -2.26. The van der Waals surface area contributed by atoms with Crippen molar-refractivity contribution in [3.05, 3.63) is 96.1 Å². The minimum Gasteiger partial charge on any atom is -0.497 e. The second-order valence-electron chi connectivity index (χ2n) is 8.04. The molecule has 3 aromatic rings. The van der Waals surface area contributed by atoms with Crippen LogP contribution in [0.25, 0.3) is 0 Å². The molecule has 1 unspecified atom stereocenters. The SMILES string of the molecule is CCN(C(=O)C(Cc1ccc(OC)cc1)C(=O)NS(=O)(=O)CCc1ccccc1)c1ccccc1. The van der Waals surface area contributed by atoms with Crippen LogP contribution in [-0.2, 0) is 32.5 Å². The number of para-hydroxylation sites is 1. The van der Waals surface area contributed by atoms with Gasteiger partial charge in [-0.2, -0.15) is 0 Å². The van der Waals surface area contributed by atoms with Gasteiger partial charge in [-0.3, -0.25) is 14.3 Å². The van der Waals surface area contributed by atoms with Crippen LogP contribution >= 0.6 is 0 Å². The number of sulfonamides is 1. The number of amides is 2. The third kappa shape index (κ3) is 7.42. The normalized spacial score (nSPS) is 11.9. The van der Waals surface area contributed by atoms with Crippen molar-refractivity contribution in [1.82, 2.24) is 4.72 Å². The number of aryl methyl sites for hydroxylation is 1. The highest BCUT2D eigenvalue weighted by atomic mass is 32.2. The Kier molecular flexibility index (Phi) is 9.03. The van der Waals surface area contributed by atoms with Crippen molar-refractivity contribution < 1.29 is 22.7 Å². The standard InChI is InChI=1S/C27H30N2O5S/c1-3-29(23-12-8-5-9-13-23)27(31)25(20-22-14-16-24(34-2)17-15-22)26(30)28-35(32,33)19-18-21-10-6-4-7-11-21/h4-17,25H,3,18-20H2,1-2H3,(H,28,30). The first-order chi connectivity index (χ1) is 16.8. The molecule has 0 saturated carbocycles. The molecule has 7 nitrogen and oxygen atoms in total. The molecule has 8 heteroatoms. The maximum absolute atomic E-state index is 13.6. The van der Waals surface area contributed by atoms with Crippen LogP contribution in [0.4, 0.5) is 5.69 Å². The molecule has 2 amide bonds. The topological polar surface area (TPSA) is 92.8 Å². The molecule has 0 fully saturated rings. The van der Waals surface area contributed by atoms with Crippen molar-refractivity contribution in [2.45, 2.75) is 19.8 Å². The fraction of sp³-hybridized carbons (Fsp3) is 0.259. The van der Waals surface area contributed by atoms with Gasteiger partial charge >= 0.3 is 0 Å². The molecule has 0 aliphatic rings. The number of carbonyl (C=O) groups is 2. The van der Waals surface area contributed by atoms with Gasteiger partial charge in [-0.05, 0) is 55.2 Å². The van der Waals surface area contributed by atoms with Gasteiger partial charge in [0.15, 0.2) is 0 Å². The zero-order valence-electron chi connectivity index (χ0n) is 19.9. The zero-order valence-corrected chi connectivity index (χ0v) is 20.7. The van der Waals surface area contributed by atoms with Crippen molar-refractivity contribution in [3.63, 3.8) is 0 Å². The van der Waals surface area contributed by atoms with Crippen molar-refractivity contribution in [2.75, 3.05) is 24.3 Å². The van der Waals surface area contributed by atoms with E-state index in [1.807, 2.05) is 43.3 Å². The number of rotatable bonds is 11. The molecule has 35 heavy (non-hydrogen) atoms. The van der Waals surface area contributed by atoms with Crippen LogP contribution in [0.1, 0.15) is 18.1 Å². The Morgan fingerprint density at radius 2 is 1.49 bits per heavy atom. The monoisotopic (exact) mass is 494 g/mol. The van der Waals surface area contributed by atoms with Crippen LogP contribution in [0.15, 0.2) is 84.9 Å². The number of methoxy groups -OCH3 is 1. The second kappa shape index (κ2) is 12.2. The summed E-state index contributed by atoms with van der Waals surface area (Å²) in [5.74, 6) is -2.15. The van der Waals surface area contributed by atoms with E-state index in [1.54, 1.807) is 55.6 Å². The van der Waals surface area contributed by atoms with Crippen molar-refractivity contribution >= 4 is 27.5 Å². The summed E-state index contributed by atoms with van der Waals surface area (Å²) in [5, 5.41) is 0. The first-order valence-electron chi connectivity index (χ1n) is 11.4. The predicted molar refractivity (Wildman–Crippen MR) is 137 cm³/mol. The highest BCUT2D eigenvalue weighted by Crippen LogP contribution is 2.21. The molecule has 0 bridgehead atoms. The van der Waals surface area contributed by atoms with Gasteiger partial charge in [0.1, 0.15) is 11.7 Å². The lowest BCUT2D eigenvalue weighted by Crippen LogP contribution is -2.47. The molecule has 0 aromatic heterocycles. The number of anilines is 1. The molecule has 0 radical (unpaired) electrons. The van der Waals surface area contributed by atoms with E-state index in [4.69, 9.17) is 4.74 Å². The molecule has 0 aliphatic carbocycles. The van der Waals surface area contributed by atoms with Gasteiger partial charge < -0.3 is 9.64 Å². The van der Waals surface area contributed by atoms with Crippen LogP contribution < -0.4 is 14.4 Å². The third-order valence-electron chi connectivity index (χ3n) is 5.62. The molecule has 0 heterocycles. The van der Waals surface area contributed by atoms with Crippen LogP contribution in [0.5, 0.6) is 5.75 Å². The number of hydrogen-bond acceptors (Lipinski definition) is 5. The Balaban J connectivity index is 1.82. The van der Waals surface area contributed by atoms with Gasteiger partial charge in [-0.15, -0.1) is 0 Å². The zero-order chi connectivity index (χ0) is 25.3. The Hall–Kier alpha value is -3.65. The molecular weight excluding hydrogens is 464 g/mol. The second-order valence-corrected chi connectivity index (χ2v) is 9.89. The summed E-state index contributed by atoms with van der Waals surface area (Å²) in [6, 6.07) is 25.1. The van der Waals surface area contributed by atoms with Gasteiger partial charge in [-0.1, -0.05) is 60.7 Å². The highest BCUT2D eigenvalue weighted by molar-refractivity contribution is 7.90. The van der Waals surface area contributed by atoms with Crippen molar-refractivity contribution in [2.24, 2.45) is 5.92 Å². The fourth-order valence-corrected chi connectivity index (χ4v) is 4.78. The van der Waals surface area contributed by atoms with Crippen LogP contribution in [0, 0.1) is 5.92 Å². The molecule has 0 spiro atoms. The molecule has 184 valence electrons. The quantitative estimate of drug-likeness (QED) is 0.411. The lowest BCUT2D eigenvalue weighted by atomic mass is 9.96. The van der Waals surface area contributed by atoms with E-state index in [-0.39, 0.29) is 18.6 Å². The molecule has 0 saturated heterocycles. The Bertz CT molecular complexity index is 1210. The number of nitrogens with one attached hydrogen (secondary N) is 1. The van der Waals surface area contributed by atoms with Gasteiger partial charge in [0.2, 0.25) is 21.8 Å². The summed E-state index contributed by atoms with van der Waals surface area (Å²) in [4.78, 5) is 28.3. The highest BCUT2D eigenvalue weighted by Gasteiger charge is 2.33. The van der Waals surface area contributed by atoms with E-state index in [0.29, 0.717) is 23.5 Å². The molecule has 3 aromatic carbocycles. The summed E-state index contributed by atoms with van der Waals surface area (Å²) in [7, 11) is -2.40. The smallest absolute Gasteiger partial charge is 0.246 e. The van der Waals surface area contributed by atoms with Crippen LogP contribution in [0.3, 0.4) is 0 Å². The van der Waals surface area contributed by atoms with E-state index < -0.39 is 27.8 Å². The van der Waals surface area contributed by atoms with Crippen molar-refractivity contribution in [1.29, 1.82) is 0 Å². The molecule has 3 rings (SSSR count). The minimum absolute atomic E-state index is 0.0478. The third-order valence-corrected chi connectivity index (χ3v) is 6.88. The average Bonchev–Trinajstić information content (AvgIpc) is 2.88. The van der Waals surface area contributed by atoms with E-state index in [0.717, 1.165) is 5.56 Å². The minimum atomic E-state index is -3.95. The first-order valence-corrected chi connectivity index (χ1v) is 13.1. The van der Waals surface area contributed by atoms with Gasteiger partial charge in [0, 0.05) is 12.2 Å². The number of benzene rings is 3. The molecule has 1 N–H and O–H groups in total. The molecular formula is C27H30N2O5S. The summed E-state index contributed by atoms with van der Waals surface area (Å²) in [6.45, 7) is 2.14. The number of nitrogens with zero attached hydrogens (tertiary/aromatic N) is 1. The number of ether oxygens (including phenoxy) is 1. The fourth-order valence-electron chi connectivity index (χ4n) is 3.72. The summed E-state index contributed by atoms with van der Waals surface area (Å²) < 4.78 is 32.7. The van der Waals surface area contributed by atoms with E-state index in [2.05, 4.69) is 4.72 Å². The maximum Gasteiger partial charge on any atom is 0.246 e. The molecule has 0 aliphatic heterocycles. The number of hydrogen-bond donors (Lipinski definition) is 1. The lowest BCUT2D eigenvalue weighted by molar-refractivity contribution is -0.132. The van der Waals surface area contributed by atoms with Gasteiger partial charge in [0.05, 0.1) is 12.9 Å². The average molecular weight is 495 g/mol. The predicted octanol–water partition coefficient (Wildman–Crippen LogP) is 3.60. The maximum atomic E-state index is 13.6. The molecule has 1 atom stereocenters. The Morgan fingerprint density at radius 1 is 0.886 bits per heavy atom. The van der Waals surface area contributed by atoms with Gasteiger partial charge in [-0.25, -0.2) is 8.42 Å². The summed E-state index contributed by atoms with van der Waals surface area (Å²) in [5.41, 5.74) is 2.20. The first kappa shape index (κ1) is 26.0. The summed E-state index contributed by atoms with van der Waals surface area (Å²) >= 11 is 0. The van der Waals surface area contributed by atoms with Crippen LogP contribution in [-0.4, -0.2) is 39.6 Å². The van der Waals surface area contributed by atoms with Gasteiger partial charge in [0.25, 0.3) is 0 Å². The van der Waals surface area contributed by atoms with E-state index in [1.165, 1.54) is 4.90 Å². The summed E-state index contributed by atoms with van der Waals surface area (Å²) in [6.07, 6.45) is 0.303. The van der Waals surface area contributed by atoms with E-state index >= 15 is 0 Å². The largest absolute Gasteiger partial charge is 0.497 e. The number of carbonyl (C=O) groups excluding carboxylic acids is 2. The van der Waals surface area contributed by atoms with Crippen LogP contribution in [0.2, 0.25) is 0 Å².